The number of hydrogen-bond acceptors (Lipinski definition) is 1. The van der Waals surface area contributed by atoms with Gasteiger partial charge in [-0.3, -0.25) is 0 Å². The third kappa shape index (κ3) is 1.05. The number of aromatic nitrogens is 1. The van der Waals surface area contributed by atoms with Gasteiger partial charge in [0.15, 0.2) is 5.82 Å². The fourth-order valence-corrected chi connectivity index (χ4v) is 1.26. The van der Waals surface area contributed by atoms with Gasteiger partial charge in [-0.15, -0.1) is 0 Å². The van der Waals surface area contributed by atoms with E-state index < -0.39 is 11.6 Å². The number of nitriles is 1. The molecule has 0 saturated carbocycles. The van der Waals surface area contributed by atoms with Crippen molar-refractivity contribution in [1.82, 2.24) is 4.40 Å². The smallest absolute Gasteiger partial charge is 0.151 e. The molecular weight excluding hydrogens is 174 g/mol. The molecule has 0 aliphatic heterocycles. The van der Waals surface area contributed by atoms with Crippen LogP contribution >= 0.6 is 0 Å². The fourth-order valence-electron chi connectivity index (χ4n) is 1.26. The van der Waals surface area contributed by atoms with E-state index in [1.54, 1.807) is 0 Å². The summed E-state index contributed by atoms with van der Waals surface area (Å²) in [7, 11) is 0. The van der Waals surface area contributed by atoms with Crippen LogP contribution < -0.4 is 0 Å². The molecule has 0 spiro atoms. The first-order valence-electron chi connectivity index (χ1n) is 3.58. The molecule has 2 nitrogen and oxygen atoms in total. The Balaban J connectivity index is 2.92. The van der Waals surface area contributed by atoms with Crippen molar-refractivity contribution >= 4 is 5.52 Å². The zero-order valence-electron chi connectivity index (χ0n) is 6.46. The van der Waals surface area contributed by atoms with E-state index in [-0.39, 0.29) is 11.1 Å². The van der Waals surface area contributed by atoms with E-state index in [4.69, 9.17) is 5.26 Å². The van der Waals surface area contributed by atoms with Crippen LogP contribution in [0.5, 0.6) is 0 Å². The first-order chi connectivity index (χ1) is 6.22. The second-order valence-electron chi connectivity index (χ2n) is 2.60. The normalized spacial score (nSPS) is 10.2. The second-order valence-corrected chi connectivity index (χ2v) is 2.60. The Kier molecular flexibility index (Phi) is 1.52. The maximum Gasteiger partial charge on any atom is 0.151 e. The molecule has 13 heavy (non-hydrogen) atoms. The van der Waals surface area contributed by atoms with Crippen molar-refractivity contribution in [2.24, 2.45) is 0 Å². The lowest BCUT2D eigenvalue weighted by atomic mass is 10.3. The van der Waals surface area contributed by atoms with Gasteiger partial charge in [-0.25, -0.2) is 8.78 Å². The zero-order chi connectivity index (χ0) is 9.42. The molecule has 0 aliphatic rings. The molecule has 0 saturated heterocycles. The Labute approximate surface area is 72.6 Å². The van der Waals surface area contributed by atoms with Crippen LogP contribution in [0.15, 0.2) is 24.5 Å². The highest BCUT2D eigenvalue weighted by Gasteiger charge is 2.08. The third-order valence-corrected chi connectivity index (χ3v) is 1.79. The van der Waals surface area contributed by atoms with Gasteiger partial charge < -0.3 is 4.40 Å². The molecule has 0 aromatic carbocycles. The van der Waals surface area contributed by atoms with Crippen molar-refractivity contribution in [2.75, 3.05) is 0 Å². The number of fused-ring (bicyclic) bond motifs is 1. The van der Waals surface area contributed by atoms with Gasteiger partial charge in [0.25, 0.3) is 0 Å². The summed E-state index contributed by atoms with van der Waals surface area (Å²) >= 11 is 0. The molecule has 2 aromatic rings. The minimum Gasteiger partial charge on any atom is -0.317 e. The molecule has 2 rings (SSSR count). The lowest BCUT2D eigenvalue weighted by Crippen LogP contribution is -1.90. The highest BCUT2D eigenvalue weighted by Crippen LogP contribution is 2.16. The molecule has 2 heterocycles. The molecule has 0 bridgehead atoms. The number of hydrogen-bond donors (Lipinski definition) is 0. The predicted molar refractivity (Wildman–Crippen MR) is 42.0 cm³/mol. The number of halogens is 2. The largest absolute Gasteiger partial charge is 0.317 e. The molecule has 0 amide bonds. The molecular formula is C9H4F2N2. The van der Waals surface area contributed by atoms with E-state index in [0.29, 0.717) is 0 Å². The zero-order valence-corrected chi connectivity index (χ0v) is 6.46. The van der Waals surface area contributed by atoms with Gasteiger partial charge in [-0.1, -0.05) is 0 Å². The standard InChI is InChI=1S/C9H4F2N2/c10-7-3-8(11)9-6(4-12)1-2-13(9)5-7/h1-3,5H. The van der Waals surface area contributed by atoms with Crippen LogP contribution in [0, 0.1) is 23.0 Å². The van der Waals surface area contributed by atoms with Gasteiger partial charge in [0.1, 0.15) is 11.9 Å². The summed E-state index contributed by atoms with van der Waals surface area (Å²) in [4.78, 5) is 0. The van der Waals surface area contributed by atoms with E-state index in [9.17, 15) is 8.78 Å². The van der Waals surface area contributed by atoms with Crippen molar-refractivity contribution in [1.29, 1.82) is 5.26 Å². The molecule has 0 aliphatic carbocycles. The molecule has 0 atom stereocenters. The van der Waals surface area contributed by atoms with Crippen molar-refractivity contribution in [3.05, 3.63) is 41.7 Å². The summed E-state index contributed by atoms with van der Waals surface area (Å²) in [6, 6.07) is 4.03. The molecule has 0 fully saturated rings. The molecule has 2 aromatic heterocycles. The third-order valence-electron chi connectivity index (χ3n) is 1.79. The van der Waals surface area contributed by atoms with E-state index in [2.05, 4.69) is 0 Å². The van der Waals surface area contributed by atoms with Gasteiger partial charge in [0.2, 0.25) is 0 Å². The minimum atomic E-state index is -0.721. The van der Waals surface area contributed by atoms with Crippen molar-refractivity contribution < 1.29 is 8.78 Å². The van der Waals surface area contributed by atoms with Crippen molar-refractivity contribution in [3.8, 4) is 6.07 Å². The summed E-state index contributed by atoms with van der Waals surface area (Å²) in [6.07, 6.45) is 2.57. The summed E-state index contributed by atoms with van der Waals surface area (Å²) in [5.74, 6) is -1.38. The van der Waals surface area contributed by atoms with Gasteiger partial charge in [0, 0.05) is 18.5 Å². The molecule has 0 unspecified atom stereocenters. The average molecular weight is 178 g/mol. The summed E-state index contributed by atoms with van der Waals surface area (Å²) in [5.41, 5.74) is 0.321. The Bertz CT molecular complexity index is 508. The van der Waals surface area contributed by atoms with E-state index in [1.165, 1.54) is 16.7 Å². The van der Waals surface area contributed by atoms with Crippen molar-refractivity contribution in [3.63, 3.8) is 0 Å². The number of rotatable bonds is 0. The van der Waals surface area contributed by atoms with Gasteiger partial charge in [0.05, 0.1) is 11.1 Å². The Morgan fingerprint density at radius 1 is 1.38 bits per heavy atom. The maximum absolute atomic E-state index is 13.1. The molecule has 4 heteroatoms. The second kappa shape index (κ2) is 2.56. The number of nitrogens with zero attached hydrogens (tertiary/aromatic N) is 2. The summed E-state index contributed by atoms with van der Waals surface area (Å²) in [5, 5.41) is 8.59. The van der Waals surface area contributed by atoms with E-state index in [0.717, 1.165) is 12.3 Å². The van der Waals surface area contributed by atoms with Gasteiger partial charge in [-0.05, 0) is 6.07 Å². The van der Waals surface area contributed by atoms with Gasteiger partial charge >= 0.3 is 0 Å². The first-order valence-corrected chi connectivity index (χ1v) is 3.58. The molecule has 64 valence electrons. The first kappa shape index (κ1) is 7.74. The van der Waals surface area contributed by atoms with Crippen LogP contribution in [0.25, 0.3) is 5.52 Å². The number of pyridine rings is 1. The fraction of sp³-hybridized carbons (Fsp3) is 0. The van der Waals surface area contributed by atoms with Crippen LogP contribution in [0.1, 0.15) is 5.56 Å². The Hall–Kier alpha value is -1.89. The summed E-state index contributed by atoms with van der Waals surface area (Å²) < 4.78 is 27.0. The van der Waals surface area contributed by atoms with Crippen LogP contribution in [0.3, 0.4) is 0 Å². The molecule has 0 radical (unpaired) electrons. The van der Waals surface area contributed by atoms with Gasteiger partial charge in [-0.2, -0.15) is 5.26 Å². The lowest BCUT2D eigenvalue weighted by molar-refractivity contribution is 0.578. The highest BCUT2D eigenvalue weighted by molar-refractivity contribution is 5.62. The Morgan fingerprint density at radius 2 is 2.15 bits per heavy atom. The topological polar surface area (TPSA) is 28.2 Å². The van der Waals surface area contributed by atoms with Crippen LogP contribution in [-0.2, 0) is 0 Å². The average Bonchev–Trinajstić information content (AvgIpc) is 2.47. The lowest BCUT2D eigenvalue weighted by Gasteiger charge is -1.96. The minimum absolute atomic E-state index is 0.115. The predicted octanol–water partition coefficient (Wildman–Crippen LogP) is 2.09. The van der Waals surface area contributed by atoms with Crippen LogP contribution in [-0.4, -0.2) is 4.40 Å². The summed E-state index contributed by atoms with van der Waals surface area (Å²) in [6.45, 7) is 0. The van der Waals surface area contributed by atoms with Crippen LogP contribution in [0.2, 0.25) is 0 Å². The van der Waals surface area contributed by atoms with Crippen LogP contribution in [0.4, 0.5) is 8.78 Å². The van der Waals surface area contributed by atoms with E-state index >= 15 is 0 Å². The quantitative estimate of drug-likeness (QED) is 0.607. The maximum atomic E-state index is 13.1. The van der Waals surface area contributed by atoms with E-state index in [1.807, 2.05) is 6.07 Å². The van der Waals surface area contributed by atoms with Crippen molar-refractivity contribution in [2.45, 2.75) is 0 Å². The molecule has 0 N–H and O–H groups in total. The highest BCUT2D eigenvalue weighted by atomic mass is 19.1. The Morgan fingerprint density at radius 3 is 2.85 bits per heavy atom. The monoisotopic (exact) mass is 178 g/mol. The SMILES string of the molecule is N#Cc1ccn2cc(F)cc(F)c12.